The number of hydrogen-bond acceptors (Lipinski definition) is 3. The summed E-state index contributed by atoms with van der Waals surface area (Å²) >= 11 is 5.81. The third-order valence-electron chi connectivity index (χ3n) is 3.11. The lowest BCUT2D eigenvalue weighted by molar-refractivity contribution is -0.134. The molecule has 0 saturated carbocycles. The zero-order chi connectivity index (χ0) is 15.4. The Bertz CT molecular complexity index is 680. The molecule has 2 aromatic carbocycles. The molecule has 2 aromatic rings. The zero-order valence-electron chi connectivity index (χ0n) is 11.4. The van der Waals surface area contributed by atoms with Crippen molar-refractivity contribution in [2.75, 3.05) is 11.9 Å². The van der Waals surface area contributed by atoms with Gasteiger partial charge in [0.25, 0.3) is 0 Å². The number of nitrogens with one attached hydrogen (secondary N) is 1. The molecule has 108 valence electrons. The number of ketones is 1. The van der Waals surface area contributed by atoms with Gasteiger partial charge < -0.3 is 10.4 Å². The van der Waals surface area contributed by atoms with Gasteiger partial charge in [-0.1, -0.05) is 23.7 Å². The van der Waals surface area contributed by atoms with Crippen LogP contribution in [0.1, 0.15) is 21.5 Å². The van der Waals surface area contributed by atoms with Crippen LogP contribution in [0.15, 0.2) is 42.5 Å². The molecule has 4 nitrogen and oxygen atoms in total. The molecule has 0 aromatic heterocycles. The van der Waals surface area contributed by atoms with Crippen LogP contribution in [0.2, 0.25) is 5.02 Å². The van der Waals surface area contributed by atoms with Crippen LogP contribution in [0.4, 0.5) is 5.69 Å². The van der Waals surface area contributed by atoms with E-state index in [4.69, 9.17) is 16.7 Å². The van der Waals surface area contributed by atoms with E-state index in [2.05, 4.69) is 5.32 Å². The van der Waals surface area contributed by atoms with Crippen LogP contribution < -0.4 is 5.32 Å². The van der Waals surface area contributed by atoms with E-state index in [1.165, 1.54) is 0 Å². The van der Waals surface area contributed by atoms with Gasteiger partial charge >= 0.3 is 5.97 Å². The van der Waals surface area contributed by atoms with Gasteiger partial charge in [0.1, 0.15) is 6.54 Å². The van der Waals surface area contributed by atoms with Gasteiger partial charge in [-0.15, -0.1) is 0 Å². The number of carbonyl (C=O) groups is 2. The molecule has 2 N–H and O–H groups in total. The zero-order valence-corrected chi connectivity index (χ0v) is 12.1. The Hall–Kier alpha value is -2.33. The topological polar surface area (TPSA) is 66.4 Å². The first-order chi connectivity index (χ1) is 9.99. The Morgan fingerprint density at radius 3 is 2.43 bits per heavy atom. The average Bonchev–Trinajstić information content (AvgIpc) is 2.46. The predicted octanol–water partition coefficient (Wildman–Crippen LogP) is 3.38. The van der Waals surface area contributed by atoms with Gasteiger partial charge in [-0.25, -0.2) is 0 Å². The summed E-state index contributed by atoms with van der Waals surface area (Å²) in [6.07, 6.45) is 0. The fourth-order valence-electron chi connectivity index (χ4n) is 2.00. The number of benzene rings is 2. The lowest BCUT2D eigenvalue weighted by Crippen LogP contribution is -2.14. The third-order valence-corrected chi connectivity index (χ3v) is 3.37. The standard InChI is InChI=1S/C16H14ClNO3/c1-10-13(3-2-4-14(10)18-9-15(19)20)16(21)11-5-7-12(17)8-6-11/h2-8,18H,9H2,1H3,(H,19,20). The number of halogens is 1. The lowest BCUT2D eigenvalue weighted by atomic mass is 9.98. The maximum atomic E-state index is 12.5. The van der Waals surface area contributed by atoms with Crippen LogP contribution in [-0.4, -0.2) is 23.4 Å². The molecule has 0 heterocycles. The van der Waals surface area contributed by atoms with Crippen LogP contribution in [0.3, 0.4) is 0 Å². The minimum Gasteiger partial charge on any atom is -0.480 e. The number of anilines is 1. The summed E-state index contributed by atoms with van der Waals surface area (Å²) in [7, 11) is 0. The molecule has 21 heavy (non-hydrogen) atoms. The molecule has 0 fully saturated rings. The molecule has 0 unspecified atom stereocenters. The van der Waals surface area contributed by atoms with Crippen molar-refractivity contribution < 1.29 is 14.7 Å². The Labute approximate surface area is 127 Å². The van der Waals surface area contributed by atoms with E-state index in [1.54, 1.807) is 49.4 Å². The minimum atomic E-state index is -0.955. The van der Waals surface area contributed by atoms with E-state index in [-0.39, 0.29) is 12.3 Å². The average molecular weight is 304 g/mol. The van der Waals surface area contributed by atoms with Crippen molar-refractivity contribution in [1.29, 1.82) is 0 Å². The van der Waals surface area contributed by atoms with Gasteiger partial charge in [0.05, 0.1) is 0 Å². The molecular weight excluding hydrogens is 290 g/mol. The second-order valence-electron chi connectivity index (χ2n) is 4.56. The molecule has 0 aliphatic rings. The fraction of sp³-hybridized carbons (Fsp3) is 0.125. The Morgan fingerprint density at radius 1 is 1.14 bits per heavy atom. The Kier molecular flexibility index (Phi) is 4.60. The lowest BCUT2D eigenvalue weighted by Gasteiger charge is -2.11. The highest BCUT2D eigenvalue weighted by Gasteiger charge is 2.14. The van der Waals surface area contributed by atoms with Gasteiger partial charge in [0.15, 0.2) is 5.78 Å². The molecular formula is C16H14ClNO3. The Balaban J connectivity index is 2.31. The van der Waals surface area contributed by atoms with Gasteiger partial charge in [-0.2, -0.15) is 0 Å². The number of carbonyl (C=O) groups excluding carboxylic acids is 1. The van der Waals surface area contributed by atoms with Gasteiger partial charge in [-0.3, -0.25) is 9.59 Å². The predicted molar refractivity (Wildman–Crippen MR) is 82.2 cm³/mol. The molecule has 0 spiro atoms. The van der Waals surface area contributed by atoms with Gasteiger partial charge in [0.2, 0.25) is 0 Å². The fourth-order valence-corrected chi connectivity index (χ4v) is 2.13. The molecule has 0 bridgehead atoms. The van der Waals surface area contributed by atoms with Crippen molar-refractivity contribution in [2.45, 2.75) is 6.92 Å². The maximum absolute atomic E-state index is 12.5. The Morgan fingerprint density at radius 2 is 1.81 bits per heavy atom. The number of aliphatic carboxylic acids is 1. The summed E-state index contributed by atoms with van der Waals surface area (Å²) in [4.78, 5) is 23.1. The molecule has 0 aliphatic heterocycles. The normalized spacial score (nSPS) is 10.2. The molecule has 5 heteroatoms. The molecule has 2 rings (SSSR count). The van der Waals surface area contributed by atoms with E-state index in [0.717, 1.165) is 5.56 Å². The van der Waals surface area contributed by atoms with Gasteiger partial charge in [0, 0.05) is 21.8 Å². The van der Waals surface area contributed by atoms with Crippen LogP contribution >= 0.6 is 11.6 Å². The number of carboxylic acid groups (broad SMARTS) is 1. The molecule has 0 saturated heterocycles. The van der Waals surface area contributed by atoms with Crippen molar-refractivity contribution in [3.05, 3.63) is 64.2 Å². The summed E-state index contributed by atoms with van der Waals surface area (Å²) in [5, 5.41) is 12.1. The van der Waals surface area contributed by atoms with E-state index in [0.29, 0.717) is 21.8 Å². The first-order valence-corrected chi connectivity index (χ1v) is 6.72. The maximum Gasteiger partial charge on any atom is 0.322 e. The summed E-state index contributed by atoms with van der Waals surface area (Å²) in [6, 6.07) is 11.9. The van der Waals surface area contributed by atoms with Crippen molar-refractivity contribution in [1.82, 2.24) is 0 Å². The highest BCUT2D eigenvalue weighted by molar-refractivity contribution is 6.30. The van der Waals surface area contributed by atoms with Crippen LogP contribution in [-0.2, 0) is 4.79 Å². The van der Waals surface area contributed by atoms with E-state index < -0.39 is 5.97 Å². The number of hydrogen-bond donors (Lipinski definition) is 2. The molecule has 0 amide bonds. The van der Waals surface area contributed by atoms with E-state index in [9.17, 15) is 9.59 Å². The van der Waals surface area contributed by atoms with E-state index >= 15 is 0 Å². The van der Waals surface area contributed by atoms with Crippen molar-refractivity contribution in [3.63, 3.8) is 0 Å². The smallest absolute Gasteiger partial charge is 0.322 e. The highest BCUT2D eigenvalue weighted by atomic mass is 35.5. The van der Waals surface area contributed by atoms with E-state index in [1.807, 2.05) is 0 Å². The number of carboxylic acids is 1. The largest absolute Gasteiger partial charge is 0.480 e. The van der Waals surface area contributed by atoms with Crippen LogP contribution in [0, 0.1) is 6.92 Å². The van der Waals surface area contributed by atoms with Crippen molar-refractivity contribution in [2.24, 2.45) is 0 Å². The highest BCUT2D eigenvalue weighted by Crippen LogP contribution is 2.22. The SMILES string of the molecule is Cc1c(NCC(=O)O)cccc1C(=O)c1ccc(Cl)cc1. The minimum absolute atomic E-state index is 0.122. The quantitative estimate of drug-likeness (QED) is 0.831. The summed E-state index contributed by atoms with van der Waals surface area (Å²) in [6.45, 7) is 1.59. The third kappa shape index (κ3) is 3.61. The summed E-state index contributed by atoms with van der Waals surface area (Å²) in [5.41, 5.74) is 2.43. The van der Waals surface area contributed by atoms with Crippen molar-refractivity contribution >= 4 is 29.0 Å². The van der Waals surface area contributed by atoms with Crippen LogP contribution in [0.5, 0.6) is 0 Å². The van der Waals surface area contributed by atoms with Gasteiger partial charge in [-0.05, 0) is 42.8 Å². The summed E-state index contributed by atoms with van der Waals surface area (Å²) < 4.78 is 0. The van der Waals surface area contributed by atoms with Crippen LogP contribution in [0.25, 0.3) is 0 Å². The molecule has 0 aliphatic carbocycles. The second kappa shape index (κ2) is 6.41. The molecule has 0 atom stereocenters. The van der Waals surface area contributed by atoms with Crippen molar-refractivity contribution in [3.8, 4) is 0 Å². The summed E-state index contributed by atoms with van der Waals surface area (Å²) in [5.74, 6) is -1.08. The second-order valence-corrected chi connectivity index (χ2v) is 5.00. The first kappa shape index (κ1) is 15.1. The molecule has 0 radical (unpaired) electrons. The monoisotopic (exact) mass is 303 g/mol. The first-order valence-electron chi connectivity index (χ1n) is 6.34. The number of rotatable bonds is 5.